The summed E-state index contributed by atoms with van der Waals surface area (Å²) in [6.07, 6.45) is 0. The zero-order valence-corrected chi connectivity index (χ0v) is 17.1. The zero-order valence-electron chi connectivity index (χ0n) is 14.7. The molecule has 1 aliphatic heterocycles. The minimum Gasteiger partial charge on any atom is -0.378 e. The highest BCUT2D eigenvalue weighted by atomic mass is 79.9. The van der Waals surface area contributed by atoms with Crippen molar-refractivity contribution in [3.8, 4) is 0 Å². The van der Waals surface area contributed by atoms with Gasteiger partial charge in [-0.05, 0) is 42.5 Å². The SMILES string of the molecule is O=C(NC(=S)Nc1ccc(N2CCOCC2)c([N+](=O)[O-])c1)c1cccc(Br)c1. The number of rotatable bonds is 4. The average Bonchev–Trinajstić information content (AvgIpc) is 2.68. The normalized spacial score (nSPS) is 13.7. The van der Waals surface area contributed by atoms with Crippen LogP contribution in [0.5, 0.6) is 0 Å². The Labute approximate surface area is 175 Å². The summed E-state index contributed by atoms with van der Waals surface area (Å²) in [4.78, 5) is 25.2. The topological polar surface area (TPSA) is 96.7 Å². The molecule has 0 unspecified atom stereocenters. The van der Waals surface area contributed by atoms with Crippen molar-refractivity contribution in [2.45, 2.75) is 0 Å². The van der Waals surface area contributed by atoms with Gasteiger partial charge in [0.05, 0.1) is 18.1 Å². The van der Waals surface area contributed by atoms with Gasteiger partial charge >= 0.3 is 0 Å². The number of morpholine rings is 1. The Bertz CT molecular complexity index is 918. The summed E-state index contributed by atoms with van der Waals surface area (Å²) in [7, 11) is 0. The number of nitrogens with zero attached hydrogens (tertiary/aromatic N) is 2. The Hall–Kier alpha value is -2.56. The van der Waals surface area contributed by atoms with Crippen molar-refractivity contribution in [3.05, 3.63) is 62.6 Å². The number of nitro benzene ring substituents is 1. The number of benzene rings is 2. The van der Waals surface area contributed by atoms with Crippen molar-refractivity contribution >= 4 is 56.2 Å². The highest BCUT2D eigenvalue weighted by Crippen LogP contribution is 2.31. The molecular weight excluding hydrogens is 448 g/mol. The maximum absolute atomic E-state index is 12.2. The highest BCUT2D eigenvalue weighted by molar-refractivity contribution is 9.10. The first-order valence-corrected chi connectivity index (χ1v) is 9.63. The van der Waals surface area contributed by atoms with Crippen LogP contribution in [0.4, 0.5) is 17.1 Å². The van der Waals surface area contributed by atoms with Crippen LogP contribution in [0, 0.1) is 10.1 Å². The molecule has 146 valence electrons. The van der Waals surface area contributed by atoms with E-state index in [0.717, 1.165) is 4.47 Å². The fourth-order valence-electron chi connectivity index (χ4n) is 2.79. The molecule has 1 amide bonds. The number of anilines is 2. The third-order valence-electron chi connectivity index (χ3n) is 4.10. The second-order valence-electron chi connectivity index (χ2n) is 5.98. The summed E-state index contributed by atoms with van der Waals surface area (Å²) < 4.78 is 6.07. The lowest BCUT2D eigenvalue weighted by atomic mass is 10.2. The van der Waals surface area contributed by atoms with Crippen molar-refractivity contribution < 1.29 is 14.5 Å². The van der Waals surface area contributed by atoms with E-state index in [4.69, 9.17) is 17.0 Å². The van der Waals surface area contributed by atoms with Crippen LogP contribution in [0.3, 0.4) is 0 Å². The van der Waals surface area contributed by atoms with E-state index >= 15 is 0 Å². The fourth-order valence-corrected chi connectivity index (χ4v) is 3.40. The van der Waals surface area contributed by atoms with Gasteiger partial charge < -0.3 is 15.0 Å². The molecule has 0 bridgehead atoms. The lowest BCUT2D eigenvalue weighted by Gasteiger charge is -2.28. The van der Waals surface area contributed by atoms with Gasteiger partial charge in [-0.15, -0.1) is 0 Å². The van der Waals surface area contributed by atoms with E-state index in [9.17, 15) is 14.9 Å². The number of nitrogens with one attached hydrogen (secondary N) is 2. The molecule has 1 fully saturated rings. The summed E-state index contributed by atoms with van der Waals surface area (Å²) in [6.45, 7) is 2.25. The number of thiocarbonyl (C=S) groups is 1. The number of carbonyl (C=O) groups is 1. The third-order valence-corrected chi connectivity index (χ3v) is 4.79. The quantitative estimate of drug-likeness (QED) is 0.406. The van der Waals surface area contributed by atoms with Gasteiger partial charge in [-0.1, -0.05) is 22.0 Å². The van der Waals surface area contributed by atoms with E-state index in [2.05, 4.69) is 26.6 Å². The second-order valence-corrected chi connectivity index (χ2v) is 7.30. The van der Waals surface area contributed by atoms with Crippen LogP contribution in [0.2, 0.25) is 0 Å². The van der Waals surface area contributed by atoms with Gasteiger partial charge in [0.15, 0.2) is 5.11 Å². The van der Waals surface area contributed by atoms with Crippen molar-refractivity contribution in [1.29, 1.82) is 0 Å². The first-order valence-electron chi connectivity index (χ1n) is 8.43. The Balaban J connectivity index is 1.71. The number of hydrogen-bond donors (Lipinski definition) is 2. The Kier molecular flexibility index (Phi) is 6.55. The number of carbonyl (C=O) groups excluding carboxylic acids is 1. The van der Waals surface area contributed by atoms with Crippen molar-refractivity contribution in [1.82, 2.24) is 5.32 Å². The Morgan fingerprint density at radius 3 is 2.64 bits per heavy atom. The third kappa shape index (κ3) is 5.03. The first kappa shape index (κ1) is 20.2. The molecule has 0 spiro atoms. The van der Waals surface area contributed by atoms with Crippen molar-refractivity contribution in [2.24, 2.45) is 0 Å². The molecule has 2 N–H and O–H groups in total. The van der Waals surface area contributed by atoms with Crippen LogP contribution in [-0.4, -0.2) is 42.2 Å². The molecule has 2 aromatic carbocycles. The van der Waals surface area contributed by atoms with Gasteiger partial charge in [0.25, 0.3) is 11.6 Å². The molecule has 0 aliphatic carbocycles. The van der Waals surface area contributed by atoms with E-state index in [1.54, 1.807) is 30.3 Å². The van der Waals surface area contributed by atoms with Gasteiger partial charge in [0, 0.05) is 34.9 Å². The predicted octanol–water partition coefficient (Wildman–Crippen LogP) is 3.32. The minimum atomic E-state index is -0.431. The lowest BCUT2D eigenvalue weighted by molar-refractivity contribution is -0.384. The number of ether oxygens (including phenoxy) is 1. The van der Waals surface area contributed by atoms with Crippen LogP contribution in [0.25, 0.3) is 0 Å². The Morgan fingerprint density at radius 2 is 1.96 bits per heavy atom. The van der Waals surface area contributed by atoms with Crippen molar-refractivity contribution in [2.75, 3.05) is 36.5 Å². The molecule has 0 radical (unpaired) electrons. The standard InChI is InChI=1S/C18H17BrN4O4S/c19-13-3-1-2-12(10-13)17(24)21-18(28)20-14-4-5-15(16(11-14)23(25)26)22-6-8-27-9-7-22/h1-5,10-11H,6-9H2,(H2,20,21,24,28). The van der Waals surface area contributed by atoms with Crippen LogP contribution in [-0.2, 0) is 4.74 Å². The van der Waals surface area contributed by atoms with Crippen molar-refractivity contribution in [3.63, 3.8) is 0 Å². The average molecular weight is 465 g/mol. The molecule has 1 heterocycles. The van der Waals surface area contributed by atoms with Crippen LogP contribution < -0.4 is 15.5 Å². The molecule has 1 aliphatic rings. The van der Waals surface area contributed by atoms with Gasteiger partial charge in [-0.3, -0.25) is 20.2 Å². The predicted molar refractivity (Wildman–Crippen MR) is 114 cm³/mol. The van der Waals surface area contributed by atoms with E-state index in [0.29, 0.717) is 43.2 Å². The molecule has 0 saturated carbocycles. The summed E-state index contributed by atoms with van der Waals surface area (Å²) in [5.74, 6) is -0.377. The monoisotopic (exact) mass is 464 g/mol. The van der Waals surface area contributed by atoms with Gasteiger partial charge in [0.1, 0.15) is 5.69 Å². The summed E-state index contributed by atoms with van der Waals surface area (Å²) in [5.41, 5.74) is 1.35. The van der Waals surface area contributed by atoms with Crippen LogP contribution in [0.1, 0.15) is 10.4 Å². The second kappa shape index (κ2) is 9.09. The minimum absolute atomic E-state index is 0.0342. The summed E-state index contributed by atoms with van der Waals surface area (Å²) in [5, 5.41) is 16.9. The highest BCUT2D eigenvalue weighted by Gasteiger charge is 2.22. The molecule has 0 aromatic heterocycles. The van der Waals surface area contributed by atoms with Gasteiger partial charge in [0.2, 0.25) is 0 Å². The van der Waals surface area contributed by atoms with E-state index < -0.39 is 4.92 Å². The summed E-state index contributed by atoms with van der Waals surface area (Å²) >= 11 is 8.47. The molecule has 2 aromatic rings. The molecule has 8 nitrogen and oxygen atoms in total. The lowest BCUT2D eigenvalue weighted by Crippen LogP contribution is -2.36. The van der Waals surface area contributed by atoms with Gasteiger partial charge in [-0.25, -0.2) is 0 Å². The van der Waals surface area contributed by atoms with E-state index in [1.165, 1.54) is 6.07 Å². The molecular formula is C18H17BrN4O4S. The zero-order chi connectivity index (χ0) is 20.1. The fraction of sp³-hybridized carbons (Fsp3) is 0.222. The maximum Gasteiger partial charge on any atom is 0.294 e. The number of amides is 1. The van der Waals surface area contributed by atoms with Crippen LogP contribution >= 0.6 is 28.1 Å². The summed E-state index contributed by atoms with van der Waals surface area (Å²) in [6, 6.07) is 11.6. The maximum atomic E-state index is 12.2. The molecule has 0 atom stereocenters. The van der Waals surface area contributed by atoms with E-state index in [-0.39, 0.29) is 16.7 Å². The van der Waals surface area contributed by atoms with Gasteiger partial charge in [-0.2, -0.15) is 0 Å². The smallest absolute Gasteiger partial charge is 0.294 e. The number of nitro groups is 1. The molecule has 28 heavy (non-hydrogen) atoms. The Morgan fingerprint density at radius 1 is 1.21 bits per heavy atom. The number of hydrogen-bond acceptors (Lipinski definition) is 6. The molecule has 1 saturated heterocycles. The van der Waals surface area contributed by atoms with Crippen LogP contribution in [0.15, 0.2) is 46.9 Å². The largest absolute Gasteiger partial charge is 0.378 e. The molecule has 3 rings (SSSR count). The number of halogens is 1. The molecule has 10 heteroatoms. The van der Waals surface area contributed by atoms with E-state index in [1.807, 2.05) is 11.0 Å². The first-order chi connectivity index (χ1) is 13.4.